The lowest BCUT2D eigenvalue weighted by Gasteiger charge is -2.40. The maximum atomic E-state index is 15.7. The third-order valence-electron chi connectivity index (χ3n) is 5.35. The van der Waals surface area contributed by atoms with Gasteiger partial charge in [0.25, 0.3) is 0 Å². The van der Waals surface area contributed by atoms with E-state index in [-0.39, 0.29) is 5.56 Å². The molecule has 1 aliphatic heterocycles. The summed E-state index contributed by atoms with van der Waals surface area (Å²) < 4.78 is 28.9. The standard InChI is InChI=1S/C24H21F2NO/c1-16-6-12-20(13-7-16)27-15-14-17-4-2-3-5-21(17)23(27)22(26)24(28)18-8-10-19(25)11-9-18/h2-13,22-23H,14-15H2,1H3. The topological polar surface area (TPSA) is 20.3 Å². The van der Waals surface area contributed by atoms with E-state index in [4.69, 9.17) is 0 Å². The number of hydrogen-bond donors (Lipinski definition) is 0. The molecule has 1 aliphatic rings. The van der Waals surface area contributed by atoms with E-state index >= 15 is 4.39 Å². The van der Waals surface area contributed by atoms with E-state index in [2.05, 4.69) is 0 Å². The lowest BCUT2D eigenvalue weighted by atomic mass is 9.87. The van der Waals surface area contributed by atoms with Gasteiger partial charge in [-0.1, -0.05) is 42.0 Å². The monoisotopic (exact) mass is 377 g/mol. The summed E-state index contributed by atoms with van der Waals surface area (Å²) in [5.74, 6) is -1.07. The van der Waals surface area contributed by atoms with Crippen LogP contribution in [-0.2, 0) is 6.42 Å². The second-order valence-electron chi connectivity index (χ2n) is 7.20. The van der Waals surface area contributed by atoms with Gasteiger partial charge in [0.15, 0.2) is 12.0 Å². The van der Waals surface area contributed by atoms with Crippen molar-refractivity contribution in [3.05, 3.63) is 101 Å². The van der Waals surface area contributed by atoms with Crippen molar-refractivity contribution in [1.82, 2.24) is 0 Å². The Morgan fingerprint density at radius 1 is 1.00 bits per heavy atom. The number of Topliss-reactive ketones (excluding diaryl/α,β-unsaturated/α-hetero) is 1. The van der Waals surface area contributed by atoms with Gasteiger partial charge < -0.3 is 4.90 Å². The summed E-state index contributed by atoms with van der Waals surface area (Å²) in [7, 11) is 0. The van der Waals surface area contributed by atoms with E-state index in [1.807, 2.05) is 60.4 Å². The fraction of sp³-hybridized carbons (Fsp3) is 0.208. The van der Waals surface area contributed by atoms with Crippen LogP contribution in [0.25, 0.3) is 0 Å². The minimum Gasteiger partial charge on any atom is -0.361 e. The van der Waals surface area contributed by atoms with Gasteiger partial charge in [-0.25, -0.2) is 8.78 Å². The zero-order valence-corrected chi connectivity index (χ0v) is 15.6. The predicted octanol–water partition coefficient (Wildman–Crippen LogP) is 5.46. The van der Waals surface area contributed by atoms with Crippen LogP contribution < -0.4 is 4.90 Å². The Balaban J connectivity index is 1.75. The van der Waals surface area contributed by atoms with Crippen molar-refractivity contribution in [3.63, 3.8) is 0 Å². The first kappa shape index (κ1) is 18.4. The number of carbonyl (C=O) groups is 1. The zero-order valence-electron chi connectivity index (χ0n) is 15.6. The molecule has 3 aromatic carbocycles. The average Bonchev–Trinajstić information content (AvgIpc) is 2.73. The molecule has 1 heterocycles. The number of hydrogen-bond acceptors (Lipinski definition) is 2. The molecule has 2 unspecified atom stereocenters. The summed E-state index contributed by atoms with van der Waals surface area (Å²) in [5.41, 5.74) is 4.08. The molecule has 0 spiro atoms. The Bertz CT molecular complexity index is 982. The maximum absolute atomic E-state index is 15.7. The van der Waals surface area contributed by atoms with Crippen molar-refractivity contribution < 1.29 is 13.6 Å². The van der Waals surface area contributed by atoms with Gasteiger partial charge in [0.05, 0.1) is 6.04 Å². The number of anilines is 1. The van der Waals surface area contributed by atoms with Crippen molar-refractivity contribution in [2.45, 2.75) is 25.6 Å². The van der Waals surface area contributed by atoms with E-state index in [1.54, 1.807) is 0 Å². The maximum Gasteiger partial charge on any atom is 0.199 e. The van der Waals surface area contributed by atoms with Crippen molar-refractivity contribution in [1.29, 1.82) is 0 Å². The van der Waals surface area contributed by atoms with Crippen LogP contribution in [0.1, 0.15) is 33.1 Å². The van der Waals surface area contributed by atoms with Gasteiger partial charge in [0.1, 0.15) is 5.82 Å². The summed E-state index contributed by atoms with van der Waals surface area (Å²) in [4.78, 5) is 14.8. The van der Waals surface area contributed by atoms with Gasteiger partial charge in [0.2, 0.25) is 0 Å². The van der Waals surface area contributed by atoms with Crippen molar-refractivity contribution in [2.24, 2.45) is 0 Å². The number of benzene rings is 3. The van der Waals surface area contributed by atoms with Crippen LogP contribution in [0.15, 0.2) is 72.8 Å². The molecule has 28 heavy (non-hydrogen) atoms. The predicted molar refractivity (Wildman–Crippen MR) is 107 cm³/mol. The molecular weight excluding hydrogens is 356 g/mol. The number of carbonyl (C=O) groups excluding carboxylic acids is 1. The van der Waals surface area contributed by atoms with Crippen molar-refractivity contribution in [3.8, 4) is 0 Å². The second-order valence-corrected chi connectivity index (χ2v) is 7.20. The first-order chi connectivity index (χ1) is 13.5. The third-order valence-corrected chi connectivity index (χ3v) is 5.35. The van der Waals surface area contributed by atoms with Gasteiger partial charge in [-0.15, -0.1) is 0 Å². The Hall–Kier alpha value is -3.01. The SMILES string of the molecule is Cc1ccc(N2CCc3ccccc3C2C(F)C(=O)c2ccc(F)cc2)cc1. The van der Waals surface area contributed by atoms with Crippen LogP contribution in [0.2, 0.25) is 0 Å². The van der Waals surface area contributed by atoms with Gasteiger partial charge in [-0.2, -0.15) is 0 Å². The summed E-state index contributed by atoms with van der Waals surface area (Å²) in [6.45, 7) is 2.63. The van der Waals surface area contributed by atoms with Crippen molar-refractivity contribution >= 4 is 11.5 Å². The number of alkyl halides is 1. The van der Waals surface area contributed by atoms with Crippen LogP contribution in [0, 0.1) is 12.7 Å². The van der Waals surface area contributed by atoms with Gasteiger partial charge in [-0.3, -0.25) is 4.79 Å². The number of halogens is 2. The van der Waals surface area contributed by atoms with Crippen LogP contribution in [0.3, 0.4) is 0 Å². The van der Waals surface area contributed by atoms with Crippen LogP contribution in [0.5, 0.6) is 0 Å². The van der Waals surface area contributed by atoms with Crippen LogP contribution in [0.4, 0.5) is 14.5 Å². The smallest absolute Gasteiger partial charge is 0.199 e. The van der Waals surface area contributed by atoms with E-state index in [1.165, 1.54) is 24.3 Å². The minimum atomic E-state index is -1.76. The summed E-state index contributed by atoms with van der Waals surface area (Å²) in [5, 5.41) is 0. The molecule has 4 heteroatoms. The largest absolute Gasteiger partial charge is 0.361 e. The van der Waals surface area contributed by atoms with Gasteiger partial charge in [0, 0.05) is 17.8 Å². The highest BCUT2D eigenvalue weighted by Crippen LogP contribution is 2.38. The van der Waals surface area contributed by atoms with Gasteiger partial charge in [-0.05, 0) is 60.9 Å². The lowest BCUT2D eigenvalue weighted by Crippen LogP contribution is -2.43. The molecule has 0 saturated heterocycles. The molecule has 0 fully saturated rings. The summed E-state index contributed by atoms with van der Waals surface area (Å²) in [6.07, 6.45) is -0.967. The van der Waals surface area contributed by atoms with Gasteiger partial charge >= 0.3 is 0 Å². The molecule has 0 amide bonds. The van der Waals surface area contributed by atoms with E-state index in [0.717, 1.165) is 28.8 Å². The molecular formula is C24H21F2NO. The molecule has 2 atom stereocenters. The van der Waals surface area contributed by atoms with E-state index < -0.39 is 23.8 Å². The molecule has 0 bridgehead atoms. The summed E-state index contributed by atoms with van der Waals surface area (Å²) in [6, 6.07) is 19.9. The van der Waals surface area contributed by atoms with E-state index in [9.17, 15) is 9.18 Å². The average molecular weight is 377 g/mol. The van der Waals surface area contributed by atoms with E-state index in [0.29, 0.717) is 6.54 Å². The molecule has 0 saturated carbocycles. The fourth-order valence-corrected chi connectivity index (χ4v) is 3.86. The number of fused-ring (bicyclic) bond motifs is 1. The zero-order chi connectivity index (χ0) is 19.7. The second kappa shape index (κ2) is 7.55. The number of nitrogens with zero attached hydrogens (tertiary/aromatic N) is 1. The first-order valence-electron chi connectivity index (χ1n) is 9.39. The number of ketones is 1. The molecule has 0 aliphatic carbocycles. The normalized spacial score (nSPS) is 17.1. The van der Waals surface area contributed by atoms with Crippen LogP contribution >= 0.6 is 0 Å². The Morgan fingerprint density at radius 2 is 1.68 bits per heavy atom. The fourth-order valence-electron chi connectivity index (χ4n) is 3.86. The highest BCUT2D eigenvalue weighted by molar-refractivity contribution is 6.00. The number of aryl methyl sites for hydroxylation is 1. The van der Waals surface area contributed by atoms with Crippen LogP contribution in [-0.4, -0.2) is 18.5 Å². The third kappa shape index (κ3) is 3.42. The first-order valence-corrected chi connectivity index (χ1v) is 9.39. The molecule has 3 aromatic rings. The lowest BCUT2D eigenvalue weighted by molar-refractivity contribution is 0.0844. The molecule has 2 nitrogen and oxygen atoms in total. The summed E-state index contributed by atoms with van der Waals surface area (Å²) >= 11 is 0. The quantitative estimate of drug-likeness (QED) is 0.563. The Kier molecular flexibility index (Phi) is 4.95. The highest BCUT2D eigenvalue weighted by Gasteiger charge is 2.38. The molecule has 0 radical (unpaired) electrons. The molecule has 0 aromatic heterocycles. The van der Waals surface area contributed by atoms with Crippen molar-refractivity contribution in [2.75, 3.05) is 11.4 Å². The highest BCUT2D eigenvalue weighted by atomic mass is 19.1. The molecule has 4 rings (SSSR count). The number of rotatable bonds is 4. The molecule has 142 valence electrons. The molecule has 0 N–H and O–H groups in total. The Morgan fingerprint density at radius 3 is 2.39 bits per heavy atom. The Labute approximate surface area is 163 Å². The minimum absolute atomic E-state index is 0.181.